The van der Waals surface area contributed by atoms with E-state index in [1.54, 1.807) is 12.1 Å². The van der Waals surface area contributed by atoms with Gasteiger partial charge in [0.1, 0.15) is 11.6 Å². The Balaban J connectivity index is 1.78. The first-order valence-electron chi connectivity index (χ1n) is 6.36. The van der Waals surface area contributed by atoms with Crippen molar-refractivity contribution >= 4 is 15.9 Å². The highest BCUT2D eigenvalue weighted by atomic mass is 79.9. The first-order valence-corrected chi connectivity index (χ1v) is 7.28. The Kier molecular flexibility index (Phi) is 3.56. The summed E-state index contributed by atoms with van der Waals surface area (Å²) in [6, 6.07) is 13.0. The van der Waals surface area contributed by atoms with Crippen LogP contribution < -0.4 is 4.74 Å². The van der Waals surface area contributed by atoms with Crippen molar-refractivity contribution in [1.29, 1.82) is 0 Å². The molecule has 1 nitrogen and oxygen atoms in total. The molecule has 0 N–H and O–H groups in total. The molecule has 0 bridgehead atoms. The number of ether oxygens (including phenoxy) is 1. The van der Waals surface area contributed by atoms with Crippen LogP contribution in [0, 0.1) is 5.82 Å². The van der Waals surface area contributed by atoms with Crippen molar-refractivity contribution in [3.63, 3.8) is 0 Å². The normalized spacial score (nSPS) is 14.8. The molecule has 2 aromatic carbocycles. The van der Waals surface area contributed by atoms with Crippen molar-refractivity contribution in [3.8, 4) is 5.75 Å². The molecule has 0 aliphatic carbocycles. The number of alkyl halides is 1. The van der Waals surface area contributed by atoms with Gasteiger partial charge in [-0.15, -0.1) is 0 Å². The van der Waals surface area contributed by atoms with Gasteiger partial charge in [0.2, 0.25) is 0 Å². The minimum atomic E-state index is -0.181. The van der Waals surface area contributed by atoms with Crippen LogP contribution in [0.25, 0.3) is 0 Å². The van der Waals surface area contributed by atoms with Crippen LogP contribution in [-0.4, -0.2) is 6.61 Å². The lowest BCUT2D eigenvalue weighted by molar-refractivity contribution is 0.357. The Labute approximate surface area is 120 Å². The maximum absolute atomic E-state index is 13.2. The maximum atomic E-state index is 13.2. The van der Waals surface area contributed by atoms with Gasteiger partial charge < -0.3 is 4.74 Å². The van der Waals surface area contributed by atoms with Crippen LogP contribution in [0.5, 0.6) is 5.75 Å². The third-order valence-electron chi connectivity index (χ3n) is 3.38. The van der Waals surface area contributed by atoms with Crippen LogP contribution in [0.2, 0.25) is 0 Å². The maximum Gasteiger partial charge on any atom is 0.123 e. The molecule has 2 aromatic rings. The van der Waals surface area contributed by atoms with E-state index in [-0.39, 0.29) is 10.6 Å². The van der Waals surface area contributed by atoms with Crippen LogP contribution in [-0.2, 0) is 12.8 Å². The number of rotatable bonds is 3. The summed E-state index contributed by atoms with van der Waals surface area (Å²) >= 11 is 3.69. The zero-order valence-electron chi connectivity index (χ0n) is 10.4. The molecule has 1 aliphatic heterocycles. The molecule has 0 saturated carbocycles. The highest BCUT2D eigenvalue weighted by Crippen LogP contribution is 2.33. The zero-order valence-corrected chi connectivity index (χ0v) is 12.0. The van der Waals surface area contributed by atoms with Crippen molar-refractivity contribution in [2.45, 2.75) is 17.7 Å². The second-order valence-corrected chi connectivity index (χ2v) is 5.87. The van der Waals surface area contributed by atoms with Crippen LogP contribution in [0.3, 0.4) is 0 Å². The highest BCUT2D eigenvalue weighted by Gasteiger charge is 2.15. The van der Waals surface area contributed by atoms with Gasteiger partial charge in [-0.25, -0.2) is 4.39 Å². The summed E-state index contributed by atoms with van der Waals surface area (Å²) < 4.78 is 18.7. The molecule has 0 aromatic heterocycles. The zero-order chi connectivity index (χ0) is 13.2. The Hall–Kier alpha value is -1.35. The van der Waals surface area contributed by atoms with Crippen molar-refractivity contribution < 1.29 is 9.13 Å². The Morgan fingerprint density at radius 3 is 2.95 bits per heavy atom. The Bertz CT molecular complexity index is 597. The SMILES string of the molecule is Fc1cccc(CC(Br)c2ccc3c(c2)CCO3)c1. The van der Waals surface area contributed by atoms with Crippen LogP contribution in [0.4, 0.5) is 4.39 Å². The van der Waals surface area contributed by atoms with Crippen molar-refractivity contribution in [2.75, 3.05) is 6.61 Å². The number of benzene rings is 2. The van der Waals surface area contributed by atoms with E-state index in [4.69, 9.17) is 4.74 Å². The van der Waals surface area contributed by atoms with Gasteiger partial charge in [0.05, 0.1) is 6.61 Å². The van der Waals surface area contributed by atoms with Crippen LogP contribution in [0.15, 0.2) is 42.5 Å². The van der Waals surface area contributed by atoms with E-state index in [1.165, 1.54) is 17.2 Å². The van der Waals surface area contributed by atoms with Crippen LogP contribution >= 0.6 is 15.9 Å². The van der Waals surface area contributed by atoms with E-state index in [9.17, 15) is 4.39 Å². The summed E-state index contributed by atoms with van der Waals surface area (Å²) in [5.41, 5.74) is 3.48. The molecule has 0 fully saturated rings. The highest BCUT2D eigenvalue weighted by molar-refractivity contribution is 9.09. The molecular weight excluding hydrogens is 307 g/mol. The molecule has 98 valence electrons. The summed E-state index contributed by atoms with van der Waals surface area (Å²) in [7, 11) is 0. The number of hydrogen-bond donors (Lipinski definition) is 0. The molecule has 1 heterocycles. The molecule has 0 amide bonds. The molecule has 3 rings (SSSR count). The van der Waals surface area contributed by atoms with E-state index >= 15 is 0 Å². The van der Waals surface area contributed by atoms with Crippen molar-refractivity contribution in [1.82, 2.24) is 0 Å². The number of hydrogen-bond acceptors (Lipinski definition) is 1. The van der Waals surface area contributed by atoms with Gasteiger partial charge in [0.15, 0.2) is 0 Å². The summed E-state index contributed by atoms with van der Waals surface area (Å²) in [6.07, 6.45) is 1.75. The van der Waals surface area contributed by atoms with E-state index in [1.807, 2.05) is 12.1 Å². The third-order valence-corrected chi connectivity index (χ3v) is 4.23. The monoisotopic (exact) mass is 320 g/mol. The number of fused-ring (bicyclic) bond motifs is 1. The van der Waals surface area contributed by atoms with Gasteiger partial charge in [-0.3, -0.25) is 0 Å². The molecule has 1 atom stereocenters. The fourth-order valence-corrected chi connectivity index (χ4v) is 3.05. The standard InChI is InChI=1S/C16H14BrFO/c17-15(9-11-2-1-3-14(18)8-11)12-4-5-16-13(10-12)6-7-19-16/h1-5,8,10,15H,6-7,9H2. The minimum absolute atomic E-state index is 0.181. The van der Waals surface area contributed by atoms with Crippen molar-refractivity contribution in [2.24, 2.45) is 0 Å². The van der Waals surface area contributed by atoms with Gasteiger partial charge in [-0.1, -0.05) is 40.2 Å². The second-order valence-electron chi connectivity index (χ2n) is 4.77. The second kappa shape index (κ2) is 5.33. The average molecular weight is 321 g/mol. The third kappa shape index (κ3) is 2.81. The Morgan fingerprint density at radius 2 is 2.11 bits per heavy atom. The molecule has 0 radical (unpaired) electrons. The lowest BCUT2D eigenvalue weighted by Gasteiger charge is -2.11. The van der Waals surface area contributed by atoms with Crippen LogP contribution in [0.1, 0.15) is 21.5 Å². The molecule has 1 unspecified atom stereocenters. The molecule has 19 heavy (non-hydrogen) atoms. The topological polar surface area (TPSA) is 9.23 Å². The van der Waals surface area contributed by atoms with Gasteiger partial charge in [0, 0.05) is 11.2 Å². The van der Waals surface area contributed by atoms with Gasteiger partial charge in [-0.05, 0) is 41.3 Å². The van der Waals surface area contributed by atoms with Crippen molar-refractivity contribution in [3.05, 3.63) is 65.0 Å². The smallest absolute Gasteiger partial charge is 0.123 e. The lowest BCUT2D eigenvalue weighted by atomic mass is 10.0. The molecule has 0 spiro atoms. The van der Waals surface area contributed by atoms with Gasteiger partial charge >= 0.3 is 0 Å². The Morgan fingerprint density at radius 1 is 1.21 bits per heavy atom. The first kappa shape index (κ1) is 12.7. The summed E-state index contributed by atoms with van der Waals surface area (Å²) in [6.45, 7) is 0.773. The molecule has 0 saturated heterocycles. The largest absolute Gasteiger partial charge is 0.493 e. The fraction of sp³-hybridized carbons (Fsp3) is 0.250. The average Bonchev–Trinajstić information content (AvgIpc) is 2.85. The fourth-order valence-electron chi connectivity index (χ4n) is 2.39. The van der Waals surface area contributed by atoms with E-state index in [0.29, 0.717) is 0 Å². The van der Waals surface area contributed by atoms with E-state index in [0.717, 1.165) is 30.8 Å². The predicted molar refractivity (Wildman–Crippen MR) is 77.4 cm³/mol. The van der Waals surface area contributed by atoms with E-state index in [2.05, 4.69) is 28.1 Å². The summed E-state index contributed by atoms with van der Waals surface area (Å²) in [5, 5.41) is 0. The molecule has 1 aliphatic rings. The van der Waals surface area contributed by atoms with Gasteiger partial charge in [0.25, 0.3) is 0 Å². The summed E-state index contributed by atoms with van der Waals surface area (Å²) in [4.78, 5) is 0.195. The predicted octanol–water partition coefficient (Wildman–Crippen LogP) is 4.44. The quantitative estimate of drug-likeness (QED) is 0.760. The minimum Gasteiger partial charge on any atom is -0.493 e. The first-order chi connectivity index (χ1) is 9.22. The van der Waals surface area contributed by atoms with Gasteiger partial charge in [-0.2, -0.15) is 0 Å². The number of halogens is 2. The molecular formula is C16H14BrFO. The van der Waals surface area contributed by atoms with E-state index < -0.39 is 0 Å². The summed E-state index contributed by atoms with van der Waals surface area (Å²) in [5.74, 6) is 0.814. The molecule has 3 heteroatoms. The lowest BCUT2D eigenvalue weighted by Crippen LogP contribution is -1.96.